The Morgan fingerprint density at radius 3 is 3.12 bits per heavy atom. The predicted molar refractivity (Wildman–Crippen MR) is 71.6 cm³/mol. The molecule has 1 saturated heterocycles. The minimum atomic E-state index is 0.535. The van der Waals surface area contributed by atoms with Crippen molar-refractivity contribution in [2.75, 3.05) is 19.8 Å². The van der Waals surface area contributed by atoms with Gasteiger partial charge in [-0.3, -0.25) is 0 Å². The fourth-order valence-electron chi connectivity index (χ4n) is 2.10. The Morgan fingerprint density at radius 2 is 2.41 bits per heavy atom. The molecule has 17 heavy (non-hydrogen) atoms. The molecular formula is C13H22N2OS. The molecule has 2 heterocycles. The lowest BCUT2D eigenvalue weighted by molar-refractivity contribution is 0.0803. The van der Waals surface area contributed by atoms with Crippen molar-refractivity contribution in [3.63, 3.8) is 0 Å². The van der Waals surface area contributed by atoms with Gasteiger partial charge in [0.25, 0.3) is 0 Å². The number of rotatable bonds is 5. The van der Waals surface area contributed by atoms with Crippen molar-refractivity contribution in [3.05, 3.63) is 15.6 Å². The summed E-state index contributed by atoms with van der Waals surface area (Å²) in [4.78, 5) is 6.10. The van der Waals surface area contributed by atoms with E-state index in [2.05, 4.69) is 19.2 Å². The van der Waals surface area contributed by atoms with Gasteiger partial charge in [-0.15, -0.1) is 11.3 Å². The largest absolute Gasteiger partial charge is 0.381 e. The van der Waals surface area contributed by atoms with Gasteiger partial charge in [-0.25, -0.2) is 4.98 Å². The third-order valence-electron chi connectivity index (χ3n) is 3.13. The first-order chi connectivity index (χ1) is 8.31. The second-order valence-electron chi connectivity index (χ2n) is 4.65. The topological polar surface area (TPSA) is 34.1 Å². The second-order valence-corrected chi connectivity index (χ2v) is 5.77. The van der Waals surface area contributed by atoms with Crippen LogP contribution in [0.25, 0.3) is 0 Å². The van der Waals surface area contributed by atoms with Gasteiger partial charge in [-0.2, -0.15) is 0 Å². The van der Waals surface area contributed by atoms with Gasteiger partial charge >= 0.3 is 0 Å². The molecule has 1 aliphatic rings. The van der Waals surface area contributed by atoms with E-state index in [1.807, 2.05) is 11.3 Å². The van der Waals surface area contributed by atoms with Crippen molar-refractivity contribution in [3.8, 4) is 0 Å². The lowest BCUT2D eigenvalue weighted by Gasteiger charge is -2.19. The first-order valence-corrected chi connectivity index (χ1v) is 7.37. The van der Waals surface area contributed by atoms with E-state index in [0.717, 1.165) is 26.3 Å². The van der Waals surface area contributed by atoms with Gasteiger partial charge in [0.05, 0.1) is 17.3 Å². The van der Waals surface area contributed by atoms with Crippen LogP contribution in [0.2, 0.25) is 0 Å². The fraction of sp³-hybridized carbons (Fsp3) is 0.769. The molecule has 1 aliphatic heterocycles. The SMILES string of the molecule is CCCNCc1sc(C2CCCOC2)nc1C. The van der Waals surface area contributed by atoms with Gasteiger partial charge < -0.3 is 10.1 Å². The zero-order chi connectivity index (χ0) is 12.1. The lowest BCUT2D eigenvalue weighted by Crippen LogP contribution is -2.15. The van der Waals surface area contributed by atoms with Crippen molar-refractivity contribution in [1.29, 1.82) is 0 Å². The Balaban J connectivity index is 1.96. The predicted octanol–water partition coefficient (Wildman–Crippen LogP) is 2.85. The average Bonchev–Trinajstić information content (AvgIpc) is 2.73. The molecule has 1 aromatic heterocycles. The maximum absolute atomic E-state index is 5.54. The number of aromatic nitrogens is 1. The number of ether oxygens (including phenoxy) is 1. The number of aryl methyl sites for hydroxylation is 1. The summed E-state index contributed by atoms with van der Waals surface area (Å²) in [7, 11) is 0. The summed E-state index contributed by atoms with van der Waals surface area (Å²) in [6, 6.07) is 0. The van der Waals surface area contributed by atoms with Crippen LogP contribution in [0.15, 0.2) is 0 Å². The molecule has 0 aliphatic carbocycles. The highest BCUT2D eigenvalue weighted by Crippen LogP contribution is 2.30. The Bertz CT molecular complexity index is 345. The molecule has 0 bridgehead atoms. The van der Waals surface area contributed by atoms with Crippen molar-refractivity contribution in [2.24, 2.45) is 0 Å². The molecule has 1 atom stereocenters. The molecule has 3 nitrogen and oxygen atoms in total. The van der Waals surface area contributed by atoms with Gasteiger partial charge in [0, 0.05) is 23.9 Å². The average molecular weight is 254 g/mol. The molecule has 0 saturated carbocycles. The lowest BCUT2D eigenvalue weighted by atomic mass is 10.0. The molecule has 0 spiro atoms. The molecule has 4 heteroatoms. The Morgan fingerprint density at radius 1 is 1.53 bits per heavy atom. The van der Waals surface area contributed by atoms with E-state index in [-0.39, 0.29) is 0 Å². The molecule has 1 fully saturated rings. The molecule has 1 N–H and O–H groups in total. The molecule has 1 unspecified atom stereocenters. The molecule has 0 amide bonds. The number of thiazole rings is 1. The highest BCUT2D eigenvalue weighted by Gasteiger charge is 2.20. The summed E-state index contributed by atoms with van der Waals surface area (Å²) in [5, 5.41) is 4.72. The van der Waals surface area contributed by atoms with Crippen LogP contribution in [0, 0.1) is 6.92 Å². The summed E-state index contributed by atoms with van der Waals surface area (Å²) in [6.45, 7) is 8.13. The fourth-order valence-corrected chi connectivity index (χ4v) is 3.26. The van der Waals surface area contributed by atoms with Gasteiger partial charge in [-0.05, 0) is 32.7 Å². The zero-order valence-corrected chi connectivity index (χ0v) is 11.6. The first-order valence-electron chi connectivity index (χ1n) is 6.56. The quantitative estimate of drug-likeness (QED) is 0.820. The van der Waals surface area contributed by atoms with Crippen LogP contribution in [0.4, 0.5) is 0 Å². The van der Waals surface area contributed by atoms with Gasteiger partial charge in [0.2, 0.25) is 0 Å². The third-order valence-corrected chi connectivity index (χ3v) is 4.45. The van der Waals surface area contributed by atoms with E-state index >= 15 is 0 Å². The second kappa shape index (κ2) is 6.47. The van der Waals surface area contributed by atoms with Crippen LogP contribution >= 0.6 is 11.3 Å². The maximum atomic E-state index is 5.54. The third kappa shape index (κ3) is 3.50. The Kier molecular flexibility index (Phi) is 4.95. The summed E-state index contributed by atoms with van der Waals surface area (Å²) in [5.74, 6) is 0.535. The van der Waals surface area contributed by atoms with Gasteiger partial charge in [0.1, 0.15) is 0 Å². The van der Waals surface area contributed by atoms with E-state index in [1.165, 1.54) is 34.8 Å². The van der Waals surface area contributed by atoms with Crippen LogP contribution in [-0.4, -0.2) is 24.7 Å². The summed E-state index contributed by atoms with van der Waals surface area (Å²) in [6.07, 6.45) is 3.59. The van der Waals surface area contributed by atoms with Crippen LogP contribution in [0.1, 0.15) is 47.7 Å². The minimum Gasteiger partial charge on any atom is -0.381 e. The van der Waals surface area contributed by atoms with Crippen LogP contribution in [-0.2, 0) is 11.3 Å². The molecule has 1 aromatic rings. The summed E-state index contributed by atoms with van der Waals surface area (Å²) >= 11 is 1.86. The zero-order valence-electron chi connectivity index (χ0n) is 10.8. The van der Waals surface area contributed by atoms with Crippen molar-refractivity contribution >= 4 is 11.3 Å². The highest BCUT2D eigenvalue weighted by atomic mass is 32.1. The van der Waals surface area contributed by atoms with E-state index in [1.54, 1.807) is 0 Å². The monoisotopic (exact) mass is 254 g/mol. The standard InChI is InChI=1S/C13H22N2OS/c1-3-6-14-8-12-10(2)15-13(17-12)11-5-4-7-16-9-11/h11,14H,3-9H2,1-2H3. The molecule has 0 aromatic carbocycles. The maximum Gasteiger partial charge on any atom is 0.0985 e. The Hall–Kier alpha value is -0.450. The van der Waals surface area contributed by atoms with E-state index < -0.39 is 0 Å². The number of hydrogen-bond donors (Lipinski definition) is 1. The van der Waals surface area contributed by atoms with E-state index in [4.69, 9.17) is 9.72 Å². The number of nitrogens with zero attached hydrogens (tertiary/aromatic N) is 1. The number of hydrogen-bond acceptors (Lipinski definition) is 4. The van der Waals surface area contributed by atoms with Crippen LogP contribution in [0.5, 0.6) is 0 Å². The highest BCUT2D eigenvalue weighted by molar-refractivity contribution is 7.11. The van der Waals surface area contributed by atoms with Crippen molar-refractivity contribution in [1.82, 2.24) is 10.3 Å². The minimum absolute atomic E-state index is 0.535. The van der Waals surface area contributed by atoms with E-state index in [9.17, 15) is 0 Å². The molecule has 2 rings (SSSR count). The van der Waals surface area contributed by atoms with Crippen LogP contribution < -0.4 is 5.32 Å². The van der Waals surface area contributed by atoms with E-state index in [0.29, 0.717) is 5.92 Å². The van der Waals surface area contributed by atoms with Crippen molar-refractivity contribution < 1.29 is 4.74 Å². The summed E-state index contributed by atoms with van der Waals surface area (Å²) in [5.41, 5.74) is 1.19. The number of nitrogens with one attached hydrogen (secondary N) is 1. The smallest absolute Gasteiger partial charge is 0.0985 e. The molecule has 0 radical (unpaired) electrons. The van der Waals surface area contributed by atoms with Crippen LogP contribution in [0.3, 0.4) is 0 Å². The summed E-state index contributed by atoms with van der Waals surface area (Å²) < 4.78 is 5.54. The van der Waals surface area contributed by atoms with Gasteiger partial charge in [-0.1, -0.05) is 6.92 Å². The molecular weight excluding hydrogens is 232 g/mol. The normalized spacial score (nSPS) is 20.7. The van der Waals surface area contributed by atoms with Gasteiger partial charge in [0.15, 0.2) is 0 Å². The first kappa shape index (κ1) is 13.0. The Labute approximate surface area is 108 Å². The molecule has 96 valence electrons. The van der Waals surface area contributed by atoms with Crippen molar-refractivity contribution in [2.45, 2.75) is 45.6 Å².